The van der Waals surface area contributed by atoms with E-state index in [0.717, 1.165) is 5.69 Å². The molecule has 0 aliphatic heterocycles. The van der Waals surface area contributed by atoms with Crippen molar-refractivity contribution in [1.29, 1.82) is 0 Å². The van der Waals surface area contributed by atoms with Crippen molar-refractivity contribution in [3.05, 3.63) is 84.2 Å². The summed E-state index contributed by atoms with van der Waals surface area (Å²) in [5, 5.41) is 2.47. The monoisotopic (exact) mass is 268 g/mol. The number of rotatable bonds is 1. The van der Waals surface area contributed by atoms with E-state index in [4.69, 9.17) is 6.57 Å². The maximum atomic E-state index is 7.21. The van der Waals surface area contributed by atoms with Gasteiger partial charge in [-0.15, -0.1) is 0 Å². The summed E-state index contributed by atoms with van der Waals surface area (Å²) in [6.07, 6.45) is 0. The number of hydrogen-bond donors (Lipinski definition) is 0. The molecule has 0 aliphatic rings. The molecule has 0 N–H and O–H groups in total. The van der Waals surface area contributed by atoms with Crippen LogP contribution in [0.25, 0.3) is 32.3 Å². The topological polar surface area (TPSA) is 9.29 Å². The second kappa shape index (κ2) is 4.50. The van der Waals surface area contributed by atoms with Crippen molar-refractivity contribution >= 4 is 27.5 Å². The van der Waals surface area contributed by atoms with Gasteiger partial charge >= 0.3 is 0 Å². The molecular formula is C19H12N2. The standard InChI is InChI=1S/C19H12N2/c1-20-14-7-6-8-15(13-14)21-18-11-4-2-9-16(18)17-10-3-5-12-19(17)21/h2-13H. The lowest BCUT2D eigenvalue weighted by molar-refractivity contribution is 1.18. The van der Waals surface area contributed by atoms with Crippen LogP contribution < -0.4 is 0 Å². The maximum absolute atomic E-state index is 7.21. The summed E-state index contributed by atoms with van der Waals surface area (Å²) >= 11 is 0. The minimum atomic E-state index is 0.661. The predicted octanol–water partition coefficient (Wildman–Crippen LogP) is 5.33. The zero-order valence-corrected chi connectivity index (χ0v) is 11.3. The molecule has 3 aromatic carbocycles. The second-order valence-corrected chi connectivity index (χ2v) is 5.00. The highest BCUT2D eigenvalue weighted by molar-refractivity contribution is 6.09. The van der Waals surface area contributed by atoms with Gasteiger partial charge in [-0.25, -0.2) is 4.85 Å². The van der Waals surface area contributed by atoms with Crippen LogP contribution in [0.2, 0.25) is 0 Å². The summed E-state index contributed by atoms with van der Waals surface area (Å²) < 4.78 is 2.22. The largest absolute Gasteiger partial charge is 0.311 e. The lowest BCUT2D eigenvalue weighted by Crippen LogP contribution is -1.92. The predicted molar refractivity (Wildman–Crippen MR) is 87.0 cm³/mol. The average molecular weight is 268 g/mol. The first-order valence-electron chi connectivity index (χ1n) is 6.84. The molecule has 0 amide bonds. The van der Waals surface area contributed by atoms with E-state index in [-0.39, 0.29) is 0 Å². The molecule has 98 valence electrons. The van der Waals surface area contributed by atoms with Gasteiger partial charge < -0.3 is 4.57 Å². The minimum absolute atomic E-state index is 0.661. The highest BCUT2D eigenvalue weighted by Crippen LogP contribution is 2.32. The summed E-state index contributed by atoms with van der Waals surface area (Å²) in [5.74, 6) is 0. The quantitative estimate of drug-likeness (QED) is 0.412. The van der Waals surface area contributed by atoms with Crippen molar-refractivity contribution < 1.29 is 0 Å². The van der Waals surface area contributed by atoms with Crippen LogP contribution in [0.3, 0.4) is 0 Å². The van der Waals surface area contributed by atoms with E-state index >= 15 is 0 Å². The molecule has 2 nitrogen and oxygen atoms in total. The molecule has 0 bridgehead atoms. The van der Waals surface area contributed by atoms with Gasteiger partial charge in [0.15, 0.2) is 5.69 Å². The van der Waals surface area contributed by atoms with Gasteiger partial charge in [-0.3, -0.25) is 0 Å². The molecule has 0 radical (unpaired) electrons. The number of nitrogens with zero attached hydrogens (tertiary/aromatic N) is 2. The Balaban J connectivity index is 2.17. The minimum Gasteiger partial charge on any atom is -0.311 e. The molecule has 0 unspecified atom stereocenters. The second-order valence-electron chi connectivity index (χ2n) is 5.00. The molecule has 2 heteroatoms. The van der Waals surface area contributed by atoms with Crippen molar-refractivity contribution in [3.8, 4) is 5.69 Å². The summed E-state index contributed by atoms with van der Waals surface area (Å²) in [4.78, 5) is 3.54. The third-order valence-electron chi connectivity index (χ3n) is 3.80. The van der Waals surface area contributed by atoms with Crippen molar-refractivity contribution in [1.82, 2.24) is 4.57 Å². The lowest BCUT2D eigenvalue weighted by Gasteiger charge is -2.08. The van der Waals surface area contributed by atoms with Gasteiger partial charge in [0.25, 0.3) is 0 Å². The Kier molecular flexibility index (Phi) is 2.52. The molecule has 4 rings (SSSR count). The highest BCUT2D eigenvalue weighted by atomic mass is 15.0. The first-order valence-corrected chi connectivity index (χ1v) is 6.84. The summed E-state index contributed by atoms with van der Waals surface area (Å²) in [7, 11) is 0. The van der Waals surface area contributed by atoms with E-state index in [9.17, 15) is 0 Å². The number of para-hydroxylation sites is 2. The van der Waals surface area contributed by atoms with Gasteiger partial charge in [-0.2, -0.15) is 0 Å². The Hall–Kier alpha value is -3.05. The maximum Gasteiger partial charge on any atom is 0.189 e. The molecule has 0 fully saturated rings. The highest BCUT2D eigenvalue weighted by Gasteiger charge is 2.10. The molecule has 1 aromatic heterocycles. The van der Waals surface area contributed by atoms with Crippen LogP contribution >= 0.6 is 0 Å². The van der Waals surface area contributed by atoms with E-state index in [1.54, 1.807) is 0 Å². The van der Waals surface area contributed by atoms with Crippen molar-refractivity contribution in [2.45, 2.75) is 0 Å². The summed E-state index contributed by atoms with van der Waals surface area (Å²) in [5.41, 5.74) is 4.02. The molecule has 0 saturated carbocycles. The molecule has 0 aliphatic carbocycles. The third-order valence-corrected chi connectivity index (χ3v) is 3.80. The zero-order valence-electron chi connectivity index (χ0n) is 11.3. The van der Waals surface area contributed by atoms with E-state index in [2.05, 4.69) is 57.9 Å². The van der Waals surface area contributed by atoms with Gasteiger partial charge in [-0.05, 0) is 24.3 Å². The number of fused-ring (bicyclic) bond motifs is 3. The number of hydrogen-bond acceptors (Lipinski definition) is 0. The normalized spacial score (nSPS) is 10.8. The Bertz CT molecular complexity index is 950. The van der Waals surface area contributed by atoms with Crippen LogP contribution in [0.5, 0.6) is 0 Å². The van der Waals surface area contributed by atoms with Crippen LogP contribution in [-0.4, -0.2) is 4.57 Å². The van der Waals surface area contributed by atoms with Gasteiger partial charge in [0.05, 0.1) is 17.6 Å². The molecule has 21 heavy (non-hydrogen) atoms. The van der Waals surface area contributed by atoms with Crippen LogP contribution in [0.1, 0.15) is 0 Å². The SMILES string of the molecule is [C-]#[N+]c1cccc(-n2c3ccccc3c3ccccc32)c1. The molecule has 1 heterocycles. The van der Waals surface area contributed by atoms with Crippen LogP contribution in [0, 0.1) is 6.57 Å². The fraction of sp³-hybridized carbons (Fsp3) is 0. The van der Waals surface area contributed by atoms with Gasteiger partial charge in [0, 0.05) is 16.5 Å². The Morgan fingerprint density at radius 2 is 1.33 bits per heavy atom. The first-order chi connectivity index (χ1) is 10.4. The zero-order chi connectivity index (χ0) is 14.2. The van der Waals surface area contributed by atoms with Crippen molar-refractivity contribution in [3.63, 3.8) is 0 Å². The van der Waals surface area contributed by atoms with E-state index in [1.807, 2.05) is 24.3 Å². The first kappa shape index (κ1) is 11.7. The van der Waals surface area contributed by atoms with E-state index in [1.165, 1.54) is 21.8 Å². The average Bonchev–Trinajstić information content (AvgIpc) is 2.89. The Morgan fingerprint density at radius 1 is 0.714 bits per heavy atom. The number of benzene rings is 3. The van der Waals surface area contributed by atoms with Gasteiger partial charge in [0.2, 0.25) is 0 Å². The lowest BCUT2D eigenvalue weighted by atomic mass is 10.2. The smallest absolute Gasteiger partial charge is 0.189 e. The molecule has 0 atom stereocenters. The Labute approximate surface area is 122 Å². The van der Waals surface area contributed by atoms with Crippen LogP contribution in [0.15, 0.2) is 72.8 Å². The Morgan fingerprint density at radius 3 is 1.95 bits per heavy atom. The molecule has 0 saturated heterocycles. The summed E-state index contributed by atoms with van der Waals surface area (Å²) in [6, 6.07) is 24.5. The fourth-order valence-electron chi connectivity index (χ4n) is 2.90. The van der Waals surface area contributed by atoms with Gasteiger partial charge in [-0.1, -0.05) is 48.5 Å². The van der Waals surface area contributed by atoms with Crippen LogP contribution in [-0.2, 0) is 0 Å². The fourth-order valence-corrected chi connectivity index (χ4v) is 2.90. The van der Waals surface area contributed by atoms with Crippen LogP contribution in [0.4, 0.5) is 5.69 Å². The number of aromatic nitrogens is 1. The molecule has 0 spiro atoms. The van der Waals surface area contributed by atoms with Crippen molar-refractivity contribution in [2.75, 3.05) is 0 Å². The van der Waals surface area contributed by atoms with E-state index in [0.29, 0.717) is 5.69 Å². The van der Waals surface area contributed by atoms with Crippen molar-refractivity contribution in [2.24, 2.45) is 0 Å². The van der Waals surface area contributed by atoms with Gasteiger partial charge in [0.1, 0.15) is 0 Å². The molecular weight excluding hydrogens is 256 g/mol. The molecule has 4 aromatic rings. The van der Waals surface area contributed by atoms with E-state index < -0.39 is 0 Å². The third kappa shape index (κ3) is 1.72. The summed E-state index contributed by atoms with van der Waals surface area (Å²) in [6.45, 7) is 7.21.